The summed E-state index contributed by atoms with van der Waals surface area (Å²) in [6.45, 7) is 3.90. The minimum Gasteiger partial charge on any atom is -0.510 e. The van der Waals surface area contributed by atoms with Crippen LogP contribution in [0.5, 0.6) is 0 Å². The summed E-state index contributed by atoms with van der Waals surface area (Å²) >= 11 is 0. The second-order valence-corrected chi connectivity index (χ2v) is 8.68. The number of benzene rings is 1. The van der Waals surface area contributed by atoms with Crippen LogP contribution in [0.4, 0.5) is 4.39 Å². The van der Waals surface area contributed by atoms with Crippen LogP contribution in [0.3, 0.4) is 0 Å². The number of amidine groups is 1. The van der Waals surface area contributed by atoms with Gasteiger partial charge in [-0.1, -0.05) is 18.6 Å². The topological polar surface area (TPSA) is 88.7 Å². The number of halogens is 1. The van der Waals surface area contributed by atoms with E-state index >= 15 is 0 Å². The van der Waals surface area contributed by atoms with Gasteiger partial charge >= 0.3 is 0 Å². The largest absolute Gasteiger partial charge is 0.510 e. The average molecular weight is 455 g/mol. The molecule has 8 nitrogen and oxygen atoms in total. The van der Waals surface area contributed by atoms with E-state index in [1.54, 1.807) is 28.1 Å². The summed E-state index contributed by atoms with van der Waals surface area (Å²) in [5.74, 6) is 0.192. The Bertz CT molecular complexity index is 1050. The third-order valence-corrected chi connectivity index (χ3v) is 6.48. The number of aromatic nitrogens is 2. The lowest BCUT2D eigenvalue weighted by Gasteiger charge is -2.39. The minimum absolute atomic E-state index is 0.00271. The molecule has 2 fully saturated rings. The number of piperidine rings is 1. The first-order valence-electron chi connectivity index (χ1n) is 11.4. The molecule has 176 valence electrons. The van der Waals surface area contributed by atoms with Gasteiger partial charge in [-0.25, -0.2) is 9.37 Å². The van der Waals surface area contributed by atoms with E-state index in [1.165, 1.54) is 12.1 Å². The molecule has 0 saturated carbocycles. The lowest BCUT2D eigenvalue weighted by molar-refractivity contribution is -0.129. The highest BCUT2D eigenvalue weighted by atomic mass is 19.1. The number of imidazole rings is 1. The minimum atomic E-state index is -0.332. The van der Waals surface area contributed by atoms with Crippen LogP contribution in [-0.2, 0) is 18.4 Å². The predicted molar refractivity (Wildman–Crippen MR) is 123 cm³/mol. The van der Waals surface area contributed by atoms with Gasteiger partial charge in [0.05, 0.1) is 19.3 Å². The maximum absolute atomic E-state index is 13.3. The Morgan fingerprint density at radius 3 is 2.67 bits per heavy atom. The molecule has 2 aliphatic heterocycles. The Kier molecular flexibility index (Phi) is 6.78. The number of carbonyl (C=O) groups excluding carboxylic acids is 1. The van der Waals surface area contributed by atoms with Crippen molar-refractivity contribution in [2.24, 2.45) is 7.05 Å². The van der Waals surface area contributed by atoms with E-state index in [0.29, 0.717) is 13.1 Å². The van der Waals surface area contributed by atoms with E-state index in [2.05, 4.69) is 9.88 Å². The fourth-order valence-corrected chi connectivity index (χ4v) is 4.64. The number of nitrogens with zero attached hydrogens (tertiary/aromatic N) is 5. The number of amides is 1. The van der Waals surface area contributed by atoms with Gasteiger partial charge in [0.2, 0.25) is 0 Å². The first-order valence-corrected chi connectivity index (χ1v) is 11.4. The van der Waals surface area contributed by atoms with E-state index in [9.17, 15) is 14.3 Å². The highest BCUT2D eigenvalue weighted by Crippen LogP contribution is 2.31. The number of hydrogen-bond donors (Lipinski definition) is 2. The SMILES string of the molecule is CCN1CN(Cc2ccc(F)cc2)C(=N)C(=C(O)CN2CCCC[C@@H]2c2nccn2C)C1=O. The van der Waals surface area contributed by atoms with Crippen LogP contribution in [0.2, 0.25) is 0 Å². The molecule has 33 heavy (non-hydrogen) atoms. The maximum atomic E-state index is 13.3. The molecule has 1 atom stereocenters. The van der Waals surface area contributed by atoms with Gasteiger partial charge < -0.3 is 19.5 Å². The lowest BCUT2D eigenvalue weighted by Crippen LogP contribution is -2.52. The molecular formula is C24H31FN6O2. The number of aryl methyl sites for hydroxylation is 1. The zero-order valence-electron chi connectivity index (χ0n) is 19.2. The molecule has 0 aliphatic carbocycles. The van der Waals surface area contributed by atoms with E-state index in [4.69, 9.17) is 5.41 Å². The fourth-order valence-electron chi connectivity index (χ4n) is 4.64. The fraction of sp³-hybridized carbons (Fsp3) is 0.458. The zero-order valence-corrected chi connectivity index (χ0v) is 19.2. The van der Waals surface area contributed by atoms with E-state index in [1.807, 2.05) is 24.7 Å². The number of nitrogens with one attached hydrogen (secondary N) is 1. The Morgan fingerprint density at radius 2 is 2.00 bits per heavy atom. The first-order chi connectivity index (χ1) is 15.9. The Labute approximate surface area is 193 Å². The number of hydrogen-bond acceptors (Lipinski definition) is 5. The van der Waals surface area contributed by atoms with Gasteiger partial charge in [0, 0.05) is 32.5 Å². The Balaban J connectivity index is 1.59. The van der Waals surface area contributed by atoms with Crippen molar-refractivity contribution in [1.29, 1.82) is 5.41 Å². The number of aliphatic hydroxyl groups excluding tert-OH is 1. The number of likely N-dealkylation sites (tertiary alicyclic amines) is 1. The second-order valence-electron chi connectivity index (χ2n) is 8.68. The van der Waals surface area contributed by atoms with Crippen LogP contribution in [0, 0.1) is 11.2 Å². The summed E-state index contributed by atoms with van der Waals surface area (Å²) < 4.78 is 15.3. The lowest BCUT2D eigenvalue weighted by atomic mass is 10.00. The van der Waals surface area contributed by atoms with Crippen molar-refractivity contribution in [3.05, 3.63) is 65.2 Å². The number of carbonyl (C=O) groups is 1. The molecule has 2 saturated heterocycles. The molecule has 1 amide bonds. The molecule has 2 aromatic rings. The van der Waals surface area contributed by atoms with Crippen LogP contribution in [-0.4, -0.2) is 67.4 Å². The van der Waals surface area contributed by atoms with Crippen molar-refractivity contribution >= 4 is 11.7 Å². The van der Waals surface area contributed by atoms with Gasteiger partial charge in [0.15, 0.2) is 0 Å². The zero-order chi connectivity index (χ0) is 23.5. The van der Waals surface area contributed by atoms with E-state index in [-0.39, 0.29) is 48.1 Å². The quantitative estimate of drug-likeness (QED) is 0.517. The number of rotatable bonds is 6. The molecule has 2 N–H and O–H groups in total. The monoisotopic (exact) mass is 454 g/mol. The Hall–Kier alpha value is -3.20. The standard InChI is InChI=1S/C24H31FN6O2/c1-3-29-16-31(14-17-7-9-18(25)10-8-17)22(26)21(24(29)33)20(32)15-30-12-5-4-6-19(30)23-27-11-13-28(23)2/h7-11,13,19,26,32H,3-6,12,14-16H2,1-2H3/t19-/m1/s1. The van der Waals surface area contributed by atoms with Crippen LogP contribution in [0.15, 0.2) is 48.0 Å². The summed E-state index contributed by atoms with van der Waals surface area (Å²) in [7, 11) is 1.96. The predicted octanol–water partition coefficient (Wildman–Crippen LogP) is 3.20. The molecule has 0 radical (unpaired) electrons. The van der Waals surface area contributed by atoms with Gasteiger partial charge in [-0.2, -0.15) is 0 Å². The average Bonchev–Trinajstić information content (AvgIpc) is 3.23. The van der Waals surface area contributed by atoms with Crippen molar-refractivity contribution in [2.45, 2.75) is 38.8 Å². The smallest absolute Gasteiger partial charge is 0.262 e. The molecule has 9 heteroatoms. The van der Waals surface area contributed by atoms with Crippen LogP contribution < -0.4 is 0 Å². The molecular weight excluding hydrogens is 423 g/mol. The van der Waals surface area contributed by atoms with Gasteiger partial charge in [-0.3, -0.25) is 15.1 Å². The third kappa shape index (κ3) is 4.78. The van der Waals surface area contributed by atoms with Crippen molar-refractivity contribution in [1.82, 2.24) is 24.3 Å². The van der Waals surface area contributed by atoms with E-state index < -0.39 is 0 Å². The van der Waals surface area contributed by atoms with Crippen molar-refractivity contribution in [2.75, 3.05) is 26.3 Å². The molecule has 0 unspecified atom stereocenters. The first kappa shape index (κ1) is 23.0. The highest BCUT2D eigenvalue weighted by molar-refractivity contribution is 6.21. The van der Waals surface area contributed by atoms with Crippen molar-refractivity contribution < 1.29 is 14.3 Å². The van der Waals surface area contributed by atoms with Gasteiger partial charge in [0.1, 0.15) is 28.8 Å². The summed E-state index contributed by atoms with van der Waals surface area (Å²) in [5, 5.41) is 19.8. The maximum Gasteiger partial charge on any atom is 0.262 e. The van der Waals surface area contributed by atoms with Crippen molar-refractivity contribution in [3.63, 3.8) is 0 Å². The van der Waals surface area contributed by atoms with Gasteiger partial charge in [0.25, 0.3) is 5.91 Å². The van der Waals surface area contributed by atoms with Crippen molar-refractivity contribution in [3.8, 4) is 0 Å². The molecule has 1 aromatic heterocycles. The van der Waals surface area contributed by atoms with Crippen LogP contribution in [0.25, 0.3) is 0 Å². The highest BCUT2D eigenvalue weighted by Gasteiger charge is 2.36. The van der Waals surface area contributed by atoms with Gasteiger partial charge in [-0.05, 0) is 44.0 Å². The van der Waals surface area contributed by atoms with E-state index in [0.717, 1.165) is 37.2 Å². The summed E-state index contributed by atoms with van der Waals surface area (Å²) in [6.07, 6.45) is 6.69. The molecule has 0 spiro atoms. The Morgan fingerprint density at radius 1 is 1.24 bits per heavy atom. The normalized spacial score (nSPS) is 21.6. The van der Waals surface area contributed by atoms with Crippen LogP contribution in [0.1, 0.15) is 43.6 Å². The van der Waals surface area contributed by atoms with Crippen LogP contribution >= 0.6 is 0 Å². The molecule has 4 rings (SSSR count). The molecule has 0 bridgehead atoms. The number of likely N-dealkylation sites (N-methyl/N-ethyl adjacent to an activating group) is 1. The third-order valence-electron chi connectivity index (χ3n) is 6.48. The summed E-state index contributed by atoms with van der Waals surface area (Å²) in [4.78, 5) is 23.1. The molecule has 3 heterocycles. The second kappa shape index (κ2) is 9.74. The summed E-state index contributed by atoms with van der Waals surface area (Å²) in [6, 6.07) is 6.15. The molecule has 1 aromatic carbocycles. The summed E-state index contributed by atoms with van der Waals surface area (Å²) in [5.41, 5.74) is 0.866. The molecule has 2 aliphatic rings. The van der Waals surface area contributed by atoms with Gasteiger partial charge in [-0.15, -0.1) is 0 Å². The number of aliphatic hydroxyl groups is 1.